The first kappa shape index (κ1) is 51.3. The lowest BCUT2D eigenvalue weighted by atomic mass is 10.0. The largest absolute Gasteiger partial charge is 0.480 e. The highest BCUT2D eigenvalue weighted by Gasteiger charge is 2.32. The van der Waals surface area contributed by atoms with Crippen LogP contribution < -0.4 is 59.7 Å². The molecule has 0 aromatic heterocycles. The molecule has 1 saturated heterocycles. The maximum Gasteiger partial charge on any atom is 0.326 e. The molecule has 0 aliphatic carbocycles. The Morgan fingerprint density at radius 3 is 2.10 bits per heavy atom. The van der Waals surface area contributed by atoms with Crippen LogP contribution in [0.15, 0.2) is 0 Å². The van der Waals surface area contributed by atoms with E-state index in [0.717, 1.165) is 11.8 Å². The van der Waals surface area contributed by atoms with E-state index in [2.05, 4.69) is 42.5 Å². The molecule has 0 radical (unpaired) electrons. The van der Waals surface area contributed by atoms with E-state index >= 15 is 0 Å². The summed E-state index contributed by atoms with van der Waals surface area (Å²) in [4.78, 5) is 129. The van der Waals surface area contributed by atoms with Gasteiger partial charge in [0.25, 0.3) is 0 Å². The highest BCUT2D eigenvalue weighted by molar-refractivity contribution is 8.00. The minimum absolute atomic E-state index is 0.0953. The molecular weight excluding hydrogens is 803 g/mol. The smallest absolute Gasteiger partial charge is 0.326 e. The number of nitrogens with one attached hydrogen (secondary N) is 8. The van der Waals surface area contributed by atoms with Crippen molar-refractivity contribution in [2.45, 2.75) is 101 Å². The molecule has 1 heterocycles. The predicted octanol–water partition coefficient (Wildman–Crippen LogP) is -4.89. The van der Waals surface area contributed by atoms with Crippen LogP contribution in [-0.4, -0.2) is 150 Å². The Hall–Kier alpha value is -4.68. The lowest BCUT2D eigenvalue weighted by molar-refractivity contribution is -0.143. The normalized spacial score (nSPS) is 23.0. The number of carbonyl (C=O) groups is 10. The highest BCUT2D eigenvalue weighted by Crippen LogP contribution is 2.14. The first-order valence-corrected chi connectivity index (χ1v) is 21.1. The Labute approximate surface area is 345 Å². The van der Waals surface area contributed by atoms with Gasteiger partial charge in [-0.1, -0.05) is 20.3 Å². The second-order valence-corrected chi connectivity index (χ2v) is 16.1. The molecule has 58 heavy (non-hydrogen) atoms. The number of unbranched alkanes of at least 4 members (excludes halogenated alkanes) is 1. The standard InChI is InChI=1S/C34H59N11O11S2/c1-17(2)11-21-31(52)43-20(8-10-57-4)30(51)39-15-27(48)42-23(32(53)45-22(34(55)56)12-25(37)46)16-58-24(13-38-29(50)19(36)7-5-6-9-35)33(54)40-14-26(47)41-18(3)28(49)44-21/h17-24H,5-16,35-36H2,1-4H3,(H2,37,46)(H,38,50)(H,39,51)(H,40,54)(H,41,47)(H,42,48)(H,43,52)(H,44,49)(H,45,53)(H,55,56)/t18-,19-,20-,21-,22-,23-,24?/m0/s1. The van der Waals surface area contributed by atoms with Gasteiger partial charge in [0.05, 0.1) is 25.6 Å². The van der Waals surface area contributed by atoms with E-state index in [9.17, 15) is 53.1 Å². The molecule has 1 fully saturated rings. The number of rotatable bonds is 17. The van der Waals surface area contributed by atoms with Crippen molar-refractivity contribution in [2.75, 3.05) is 43.9 Å². The fourth-order valence-corrected chi connectivity index (χ4v) is 6.78. The summed E-state index contributed by atoms with van der Waals surface area (Å²) >= 11 is 2.12. The lowest BCUT2D eigenvalue weighted by Gasteiger charge is -2.25. The Morgan fingerprint density at radius 2 is 1.52 bits per heavy atom. The molecular formula is C34H59N11O11S2. The first-order chi connectivity index (χ1) is 27.3. The molecule has 15 N–H and O–H groups in total. The van der Waals surface area contributed by atoms with E-state index < -0.39 is 126 Å². The Bertz CT molecular complexity index is 1470. The third kappa shape index (κ3) is 20.1. The van der Waals surface area contributed by atoms with Gasteiger partial charge in [0, 0.05) is 12.3 Å². The molecule has 1 unspecified atom stereocenters. The van der Waals surface area contributed by atoms with Gasteiger partial charge < -0.3 is 64.8 Å². The fraction of sp³-hybridized carbons (Fsp3) is 0.706. The number of nitrogens with two attached hydrogens (primary N) is 3. The summed E-state index contributed by atoms with van der Waals surface area (Å²) in [6, 6.07) is -7.81. The summed E-state index contributed by atoms with van der Waals surface area (Å²) < 4.78 is 0. The van der Waals surface area contributed by atoms with Crippen LogP contribution in [0, 0.1) is 5.92 Å². The average molecular weight is 862 g/mol. The number of carboxylic acids is 1. The van der Waals surface area contributed by atoms with Crippen molar-refractivity contribution in [3.05, 3.63) is 0 Å². The van der Waals surface area contributed by atoms with Crippen molar-refractivity contribution in [1.82, 2.24) is 42.5 Å². The number of primary amides is 1. The second-order valence-electron chi connectivity index (χ2n) is 13.9. The van der Waals surface area contributed by atoms with E-state index in [1.807, 2.05) is 13.8 Å². The van der Waals surface area contributed by atoms with Crippen LogP contribution in [-0.2, 0) is 47.9 Å². The van der Waals surface area contributed by atoms with Crippen LogP contribution in [0.3, 0.4) is 0 Å². The summed E-state index contributed by atoms with van der Waals surface area (Å²) in [5.74, 6) is -9.24. The van der Waals surface area contributed by atoms with Crippen molar-refractivity contribution in [3.63, 3.8) is 0 Å². The Morgan fingerprint density at radius 1 is 0.897 bits per heavy atom. The second kappa shape index (κ2) is 27.1. The van der Waals surface area contributed by atoms with Crippen molar-refractivity contribution < 1.29 is 53.1 Å². The van der Waals surface area contributed by atoms with Crippen LogP contribution in [0.2, 0.25) is 0 Å². The molecule has 0 saturated carbocycles. The molecule has 0 aromatic carbocycles. The fourth-order valence-electron chi connectivity index (χ4n) is 5.21. The molecule has 1 rings (SSSR count). The zero-order valence-corrected chi connectivity index (χ0v) is 34.8. The Balaban J connectivity index is 3.57. The molecule has 7 atom stereocenters. The van der Waals surface area contributed by atoms with Gasteiger partial charge in [-0.2, -0.15) is 11.8 Å². The van der Waals surface area contributed by atoms with Crippen molar-refractivity contribution in [3.8, 4) is 0 Å². The number of hydrogen-bond acceptors (Lipinski definition) is 14. The van der Waals surface area contributed by atoms with E-state index in [-0.39, 0.29) is 25.3 Å². The van der Waals surface area contributed by atoms with Crippen molar-refractivity contribution in [2.24, 2.45) is 23.1 Å². The van der Waals surface area contributed by atoms with Crippen LogP contribution in [0.1, 0.15) is 59.3 Å². The number of aliphatic carboxylic acids is 1. The number of carboxylic acid groups (broad SMARTS) is 1. The molecule has 22 nitrogen and oxygen atoms in total. The van der Waals surface area contributed by atoms with E-state index in [1.165, 1.54) is 18.7 Å². The lowest BCUT2D eigenvalue weighted by Crippen LogP contribution is -2.57. The van der Waals surface area contributed by atoms with Gasteiger partial charge in [-0.3, -0.25) is 43.2 Å². The SMILES string of the molecule is CSCC[C@@H]1NC(=O)[C@H](CC(C)C)NC(=O)[C@H](C)NC(=O)CNC(=O)C(CNC(=O)[C@@H](N)CCCCN)SC[C@@H](C(=O)N[C@@H](CC(N)=O)C(=O)O)NC(=O)CNC1=O. The van der Waals surface area contributed by atoms with Gasteiger partial charge in [0.15, 0.2) is 0 Å². The number of carbonyl (C=O) groups excluding carboxylic acids is 9. The maximum absolute atomic E-state index is 13.5. The van der Waals surface area contributed by atoms with Gasteiger partial charge in [0.2, 0.25) is 53.2 Å². The van der Waals surface area contributed by atoms with Gasteiger partial charge in [0.1, 0.15) is 35.5 Å². The van der Waals surface area contributed by atoms with Gasteiger partial charge in [-0.05, 0) is 57.1 Å². The van der Waals surface area contributed by atoms with Crippen LogP contribution >= 0.6 is 23.5 Å². The summed E-state index contributed by atoms with van der Waals surface area (Å²) in [5, 5.41) is 27.9. The minimum atomic E-state index is -1.79. The monoisotopic (exact) mass is 861 g/mol. The zero-order chi connectivity index (χ0) is 43.9. The third-order valence-corrected chi connectivity index (χ3v) is 10.3. The van der Waals surface area contributed by atoms with Crippen molar-refractivity contribution >= 4 is 82.7 Å². The molecule has 0 bridgehead atoms. The summed E-state index contributed by atoms with van der Waals surface area (Å²) in [7, 11) is 0. The van der Waals surface area contributed by atoms with Crippen LogP contribution in [0.5, 0.6) is 0 Å². The first-order valence-electron chi connectivity index (χ1n) is 18.7. The number of amides is 9. The summed E-state index contributed by atoms with van der Waals surface area (Å²) in [6.45, 7) is 3.63. The molecule has 9 amide bonds. The molecule has 0 aromatic rings. The van der Waals surface area contributed by atoms with Crippen LogP contribution in [0.4, 0.5) is 0 Å². The van der Waals surface area contributed by atoms with E-state index in [4.69, 9.17) is 17.2 Å². The average Bonchev–Trinajstić information content (AvgIpc) is 3.15. The van der Waals surface area contributed by atoms with Gasteiger partial charge in [-0.15, -0.1) is 11.8 Å². The molecule has 0 spiro atoms. The topological polar surface area (TPSA) is 365 Å². The molecule has 1 aliphatic rings. The minimum Gasteiger partial charge on any atom is -0.480 e. The number of hydrogen-bond donors (Lipinski definition) is 12. The maximum atomic E-state index is 13.5. The zero-order valence-electron chi connectivity index (χ0n) is 33.2. The summed E-state index contributed by atoms with van der Waals surface area (Å²) in [6.07, 6.45) is 2.75. The Kier molecular flexibility index (Phi) is 24.0. The number of thioether (sulfide) groups is 2. The molecule has 1 aliphatic heterocycles. The third-order valence-electron chi connectivity index (χ3n) is 8.40. The summed E-state index contributed by atoms with van der Waals surface area (Å²) in [5.41, 5.74) is 16.6. The highest BCUT2D eigenvalue weighted by atomic mass is 32.2. The molecule has 24 heteroatoms. The van der Waals surface area contributed by atoms with Crippen LogP contribution in [0.25, 0.3) is 0 Å². The van der Waals surface area contributed by atoms with E-state index in [1.54, 1.807) is 6.26 Å². The molecule has 328 valence electrons. The van der Waals surface area contributed by atoms with Gasteiger partial charge in [-0.25, -0.2) is 4.79 Å². The van der Waals surface area contributed by atoms with Gasteiger partial charge >= 0.3 is 5.97 Å². The quantitative estimate of drug-likeness (QED) is 0.0610. The van der Waals surface area contributed by atoms with Crippen molar-refractivity contribution in [1.29, 1.82) is 0 Å². The van der Waals surface area contributed by atoms with E-state index in [0.29, 0.717) is 31.6 Å². The predicted molar refractivity (Wildman–Crippen MR) is 215 cm³/mol.